The maximum absolute atomic E-state index is 11.3. The zero-order chi connectivity index (χ0) is 12.7. The van der Waals surface area contributed by atoms with Crippen LogP contribution in [0.3, 0.4) is 0 Å². The Kier molecular flexibility index (Phi) is 2.56. The number of methoxy groups -OCH3 is 1. The van der Waals surface area contributed by atoms with Crippen molar-refractivity contribution < 1.29 is 9.53 Å². The first-order valence-electron chi connectivity index (χ1n) is 5.62. The van der Waals surface area contributed by atoms with E-state index in [4.69, 9.17) is 4.74 Å². The van der Waals surface area contributed by atoms with Crippen molar-refractivity contribution in [2.24, 2.45) is 0 Å². The van der Waals surface area contributed by atoms with Gasteiger partial charge in [-0.05, 0) is 30.7 Å². The zero-order valence-corrected chi connectivity index (χ0v) is 10.9. The van der Waals surface area contributed by atoms with Crippen LogP contribution in [0.25, 0.3) is 10.6 Å². The van der Waals surface area contributed by atoms with Gasteiger partial charge in [-0.3, -0.25) is 4.79 Å². The number of carbonyl (C=O) groups is 1. The summed E-state index contributed by atoms with van der Waals surface area (Å²) in [5.74, 6) is 0.0510. The summed E-state index contributed by atoms with van der Waals surface area (Å²) in [6, 6.07) is 5.92. The fraction of sp³-hybridized carbons (Fsp3) is 0.231. The standard InChI is InChI=1S/C13H12N2O2S/c1-7-13(17-2)18-12(14-7)8-3-4-10-9(5-8)6-11(16)15-10/h3-5H,6H2,1-2H3,(H,15,16). The number of amides is 1. The van der Waals surface area contributed by atoms with Crippen LogP contribution >= 0.6 is 11.3 Å². The predicted octanol–water partition coefficient (Wildman–Crippen LogP) is 2.62. The Balaban J connectivity index is 2.02. The molecular weight excluding hydrogens is 248 g/mol. The Bertz CT molecular complexity index is 634. The molecule has 5 heteroatoms. The third kappa shape index (κ3) is 1.76. The first-order valence-corrected chi connectivity index (χ1v) is 6.43. The van der Waals surface area contributed by atoms with E-state index in [0.29, 0.717) is 6.42 Å². The summed E-state index contributed by atoms with van der Waals surface area (Å²) >= 11 is 1.52. The third-order valence-corrected chi connectivity index (χ3v) is 4.08. The maximum Gasteiger partial charge on any atom is 0.228 e. The molecule has 2 heterocycles. The fourth-order valence-corrected chi connectivity index (χ4v) is 2.94. The number of benzene rings is 1. The van der Waals surface area contributed by atoms with E-state index in [1.54, 1.807) is 7.11 Å². The monoisotopic (exact) mass is 260 g/mol. The van der Waals surface area contributed by atoms with Crippen LogP contribution in [-0.4, -0.2) is 18.0 Å². The Morgan fingerprint density at radius 3 is 3.00 bits per heavy atom. The van der Waals surface area contributed by atoms with E-state index in [9.17, 15) is 4.79 Å². The van der Waals surface area contributed by atoms with Crippen molar-refractivity contribution in [3.63, 3.8) is 0 Å². The minimum atomic E-state index is 0.0510. The highest BCUT2D eigenvalue weighted by atomic mass is 32.1. The van der Waals surface area contributed by atoms with Gasteiger partial charge in [-0.2, -0.15) is 0 Å². The predicted molar refractivity (Wildman–Crippen MR) is 71.2 cm³/mol. The summed E-state index contributed by atoms with van der Waals surface area (Å²) in [4.78, 5) is 15.8. The smallest absolute Gasteiger partial charge is 0.228 e. The van der Waals surface area contributed by atoms with Crippen LogP contribution < -0.4 is 10.1 Å². The molecule has 0 saturated carbocycles. The molecule has 92 valence electrons. The zero-order valence-electron chi connectivity index (χ0n) is 10.1. The quantitative estimate of drug-likeness (QED) is 0.903. The lowest BCUT2D eigenvalue weighted by molar-refractivity contribution is -0.115. The maximum atomic E-state index is 11.3. The fourth-order valence-electron chi connectivity index (χ4n) is 2.06. The Hall–Kier alpha value is -1.88. The first kappa shape index (κ1) is 11.2. The number of aromatic nitrogens is 1. The molecule has 1 aromatic carbocycles. The highest BCUT2D eigenvalue weighted by molar-refractivity contribution is 7.17. The molecule has 0 atom stereocenters. The molecule has 18 heavy (non-hydrogen) atoms. The van der Waals surface area contributed by atoms with Crippen LogP contribution in [0.4, 0.5) is 5.69 Å². The Labute approximate surface area is 109 Å². The minimum absolute atomic E-state index is 0.0510. The molecule has 0 aliphatic carbocycles. The van der Waals surface area contributed by atoms with Crippen LogP contribution in [0.5, 0.6) is 5.06 Å². The summed E-state index contributed by atoms with van der Waals surface area (Å²) in [7, 11) is 1.65. The second kappa shape index (κ2) is 4.10. The summed E-state index contributed by atoms with van der Waals surface area (Å²) in [6.45, 7) is 1.93. The summed E-state index contributed by atoms with van der Waals surface area (Å²) in [5, 5.41) is 4.58. The molecule has 1 aliphatic heterocycles. The lowest BCUT2D eigenvalue weighted by Crippen LogP contribution is -2.03. The van der Waals surface area contributed by atoms with Crippen molar-refractivity contribution in [2.75, 3.05) is 12.4 Å². The van der Waals surface area contributed by atoms with E-state index in [1.807, 2.05) is 25.1 Å². The molecule has 3 rings (SSSR count). The number of hydrogen-bond donors (Lipinski definition) is 1. The highest BCUT2D eigenvalue weighted by Gasteiger charge is 2.19. The second-order valence-corrected chi connectivity index (χ2v) is 5.15. The number of thiazole rings is 1. The molecule has 1 aliphatic rings. The summed E-state index contributed by atoms with van der Waals surface area (Å²) in [5.41, 5.74) is 3.86. The first-order chi connectivity index (χ1) is 8.67. The number of ether oxygens (including phenoxy) is 1. The molecular formula is C13H12N2O2S. The molecule has 1 N–H and O–H groups in total. The second-order valence-electron chi connectivity index (χ2n) is 4.19. The van der Waals surface area contributed by atoms with E-state index in [1.165, 1.54) is 11.3 Å². The van der Waals surface area contributed by atoms with Gasteiger partial charge in [0, 0.05) is 11.3 Å². The molecule has 4 nitrogen and oxygen atoms in total. The van der Waals surface area contributed by atoms with Gasteiger partial charge >= 0.3 is 0 Å². The number of rotatable bonds is 2. The number of carbonyl (C=O) groups excluding carboxylic acids is 1. The van der Waals surface area contributed by atoms with Crippen molar-refractivity contribution in [3.8, 4) is 15.6 Å². The summed E-state index contributed by atoms with van der Waals surface area (Å²) < 4.78 is 5.25. The van der Waals surface area contributed by atoms with Gasteiger partial charge in [-0.15, -0.1) is 0 Å². The number of nitrogens with zero attached hydrogens (tertiary/aromatic N) is 1. The molecule has 2 aromatic rings. The van der Waals surface area contributed by atoms with Gasteiger partial charge in [-0.25, -0.2) is 4.98 Å². The van der Waals surface area contributed by atoms with Gasteiger partial charge in [-0.1, -0.05) is 11.3 Å². The van der Waals surface area contributed by atoms with Crippen LogP contribution in [0, 0.1) is 6.92 Å². The van der Waals surface area contributed by atoms with E-state index in [-0.39, 0.29) is 5.91 Å². The molecule has 0 saturated heterocycles. The topological polar surface area (TPSA) is 51.2 Å². The highest BCUT2D eigenvalue weighted by Crippen LogP contribution is 2.35. The van der Waals surface area contributed by atoms with E-state index < -0.39 is 0 Å². The van der Waals surface area contributed by atoms with Gasteiger partial charge in [0.2, 0.25) is 5.91 Å². The lowest BCUT2D eigenvalue weighted by Gasteiger charge is -2.00. The number of nitrogens with one attached hydrogen (secondary N) is 1. The Morgan fingerprint density at radius 1 is 1.44 bits per heavy atom. The number of aryl methyl sites for hydroxylation is 1. The van der Waals surface area contributed by atoms with Crippen LogP contribution in [-0.2, 0) is 11.2 Å². The molecule has 0 bridgehead atoms. The number of anilines is 1. The van der Waals surface area contributed by atoms with Crippen LogP contribution in [0.15, 0.2) is 18.2 Å². The molecule has 1 aromatic heterocycles. The molecule has 0 unspecified atom stereocenters. The van der Waals surface area contributed by atoms with Crippen LogP contribution in [0.1, 0.15) is 11.3 Å². The average Bonchev–Trinajstić information content (AvgIpc) is 2.89. The average molecular weight is 260 g/mol. The van der Waals surface area contributed by atoms with Gasteiger partial charge in [0.15, 0.2) is 5.06 Å². The Morgan fingerprint density at radius 2 is 2.28 bits per heavy atom. The van der Waals surface area contributed by atoms with Crippen molar-refractivity contribution in [3.05, 3.63) is 29.5 Å². The molecule has 0 radical (unpaired) electrons. The van der Waals surface area contributed by atoms with Gasteiger partial charge < -0.3 is 10.1 Å². The SMILES string of the molecule is COc1sc(-c2ccc3c(c2)CC(=O)N3)nc1C. The van der Waals surface area contributed by atoms with Crippen molar-refractivity contribution in [1.29, 1.82) is 0 Å². The van der Waals surface area contributed by atoms with Crippen molar-refractivity contribution in [2.45, 2.75) is 13.3 Å². The molecule has 1 amide bonds. The van der Waals surface area contributed by atoms with Gasteiger partial charge in [0.25, 0.3) is 0 Å². The normalized spacial score (nSPS) is 13.3. The largest absolute Gasteiger partial charge is 0.486 e. The summed E-state index contributed by atoms with van der Waals surface area (Å²) in [6.07, 6.45) is 0.449. The minimum Gasteiger partial charge on any atom is -0.486 e. The third-order valence-electron chi connectivity index (χ3n) is 2.92. The van der Waals surface area contributed by atoms with Crippen molar-refractivity contribution >= 4 is 22.9 Å². The van der Waals surface area contributed by atoms with E-state index >= 15 is 0 Å². The van der Waals surface area contributed by atoms with E-state index in [2.05, 4.69) is 10.3 Å². The molecule has 0 fully saturated rings. The van der Waals surface area contributed by atoms with E-state index in [0.717, 1.165) is 32.6 Å². The number of hydrogen-bond acceptors (Lipinski definition) is 4. The van der Waals surface area contributed by atoms with Gasteiger partial charge in [0.1, 0.15) is 5.01 Å². The molecule has 0 spiro atoms. The van der Waals surface area contributed by atoms with Crippen molar-refractivity contribution in [1.82, 2.24) is 4.98 Å². The lowest BCUT2D eigenvalue weighted by atomic mass is 10.1. The van der Waals surface area contributed by atoms with Crippen LogP contribution in [0.2, 0.25) is 0 Å². The van der Waals surface area contributed by atoms with Gasteiger partial charge in [0.05, 0.1) is 19.2 Å². The number of fused-ring (bicyclic) bond motifs is 1.